The minimum Gasteiger partial charge on any atom is -0.378 e. The number of methoxy groups -OCH3 is 1. The predicted molar refractivity (Wildman–Crippen MR) is 91.7 cm³/mol. The van der Waals surface area contributed by atoms with Gasteiger partial charge in [0.15, 0.2) is 0 Å². The molecule has 2 heterocycles. The molecule has 1 saturated carbocycles. The van der Waals surface area contributed by atoms with E-state index in [4.69, 9.17) is 9.73 Å². The average molecular weight is 327 g/mol. The Morgan fingerprint density at radius 1 is 1.29 bits per heavy atom. The van der Waals surface area contributed by atoms with E-state index in [1.165, 1.54) is 25.0 Å². The monoisotopic (exact) mass is 327 g/mol. The van der Waals surface area contributed by atoms with Gasteiger partial charge >= 0.3 is 0 Å². The molecule has 5 heteroatoms. The second-order valence-corrected chi connectivity index (χ2v) is 6.65. The fraction of sp³-hybridized carbons (Fsp3) is 0.421. The number of ether oxygens (including phenoxy) is 1. The molecular weight excluding hydrogens is 305 g/mol. The molecule has 0 spiro atoms. The van der Waals surface area contributed by atoms with Crippen LogP contribution in [0.3, 0.4) is 0 Å². The van der Waals surface area contributed by atoms with Gasteiger partial charge < -0.3 is 4.74 Å². The zero-order valence-electron chi connectivity index (χ0n) is 14.1. The molecule has 3 aliphatic rings. The van der Waals surface area contributed by atoms with Gasteiger partial charge in [-0.1, -0.05) is 0 Å². The van der Waals surface area contributed by atoms with E-state index < -0.39 is 0 Å². The first-order valence-corrected chi connectivity index (χ1v) is 8.48. The molecule has 0 saturated heterocycles. The van der Waals surface area contributed by atoms with E-state index in [0.717, 1.165) is 35.3 Å². The van der Waals surface area contributed by atoms with Crippen LogP contribution in [0.5, 0.6) is 0 Å². The first kappa shape index (κ1) is 15.5. The molecule has 1 aromatic carbocycles. The standard InChI is InChI=1S/C19H22FN3O/c1-13(14-3-4-14)22-10-9-19-21-18(11-17(12-24-2)23(19)22)15-5-7-16(20)8-6-15/h5-9,11,13-14H,3-4,10,12H2,1-2H3/t13-/m0/s1. The first-order chi connectivity index (χ1) is 11.7. The number of halogens is 1. The highest BCUT2D eigenvalue weighted by Crippen LogP contribution is 2.39. The summed E-state index contributed by atoms with van der Waals surface area (Å²) in [4.78, 5) is 4.80. The van der Waals surface area contributed by atoms with E-state index in [2.05, 4.69) is 23.0 Å². The maximum atomic E-state index is 13.2. The van der Waals surface area contributed by atoms with Gasteiger partial charge in [-0.25, -0.2) is 14.4 Å². The van der Waals surface area contributed by atoms with Crippen molar-refractivity contribution in [3.05, 3.63) is 59.3 Å². The van der Waals surface area contributed by atoms with Crippen LogP contribution in [0, 0.1) is 11.7 Å². The van der Waals surface area contributed by atoms with Crippen molar-refractivity contribution < 1.29 is 9.13 Å². The molecular formula is C19H22FN3O. The lowest BCUT2D eigenvalue weighted by Gasteiger charge is -2.38. The van der Waals surface area contributed by atoms with Crippen LogP contribution < -0.4 is 0 Å². The molecule has 1 aliphatic carbocycles. The summed E-state index contributed by atoms with van der Waals surface area (Å²) < 4.78 is 18.6. The second-order valence-electron chi connectivity index (χ2n) is 6.65. The summed E-state index contributed by atoms with van der Waals surface area (Å²) in [5.41, 5.74) is 2.84. The highest BCUT2D eigenvalue weighted by molar-refractivity contribution is 6.10. The van der Waals surface area contributed by atoms with Crippen molar-refractivity contribution in [2.75, 3.05) is 20.3 Å². The summed E-state index contributed by atoms with van der Waals surface area (Å²) in [5.74, 6) is 1.49. The van der Waals surface area contributed by atoms with Crippen LogP contribution in [0.4, 0.5) is 4.39 Å². The molecule has 0 bridgehead atoms. The fourth-order valence-corrected chi connectivity index (χ4v) is 3.44. The summed E-state index contributed by atoms with van der Waals surface area (Å²) in [6, 6.07) is 6.98. The Kier molecular flexibility index (Phi) is 3.98. The average Bonchev–Trinajstić information content (AvgIpc) is 3.34. The summed E-state index contributed by atoms with van der Waals surface area (Å²) in [5, 5.41) is 4.57. The van der Waals surface area contributed by atoms with Crippen LogP contribution in [-0.2, 0) is 4.74 Å². The number of rotatable bonds is 5. The highest BCUT2D eigenvalue weighted by Gasteiger charge is 2.39. The summed E-state index contributed by atoms with van der Waals surface area (Å²) >= 11 is 0. The normalized spacial score (nSPS) is 22.0. The van der Waals surface area contributed by atoms with Gasteiger partial charge in [0.2, 0.25) is 0 Å². The quantitative estimate of drug-likeness (QED) is 0.830. The van der Waals surface area contributed by atoms with Gasteiger partial charge in [0, 0.05) is 25.3 Å². The van der Waals surface area contributed by atoms with Crippen molar-refractivity contribution in [1.82, 2.24) is 10.0 Å². The van der Waals surface area contributed by atoms with Crippen molar-refractivity contribution in [1.29, 1.82) is 0 Å². The topological polar surface area (TPSA) is 28.1 Å². The molecule has 0 amide bonds. The Morgan fingerprint density at radius 2 is 2.04 bits per heavy atom. The molecule has 4 rings (SSSR count). The Labute approximate surface area is 141 Å². The zero-order chi connectivity index (χ0) is 16.7. The Balaban J connectivity index is 1.66. The van der Waals surface area contributed by atoms with E-state index >= 15 is 0 Å². The third-order valence-electron chi connectivity index (χ3n) is 4.95. The summed E-state index contributed by atoms with van der Waals surface area (Å²) in [6.45, 7) is 3.68. The summed E-state index contributed by atoms with van der Waals surface area (Å²) in [6.07, 6.45) is 6.83. The van der Waals surface area contributed by atoms with Crippen molar-refractivity contribution in [3.63, 3.8) is 0 Å². The fourth-order valence-electron chi connectivity index (χ4n) is 3.44. The number of allylic oxidation sites excluding steroid dienone is 1. The highest BCUT2D eigenvalue weighted by atomic mass is 19.1. The van der Waals surface area contributed by atoms with Gasteiger partial charge in [0.05, 0.1) is 18.0 Å². The van der Waals surface area contributed by atoms with Gasteiger partial charge in [-0.2, -0.15) is 0 Å². The van der Waals surface area contributed by atoms with Crippen LogP contribution in [0.1, 0.15) is 25.3 Å². The van der Waals surface area contributed by atoms with Gasteiger partial charge in [-0.3, -0.25) is 5.01 Å². The van der Waals surface area contributed by atoms with Crippen molar-refractivity contribution in [2.45, 2.75) is 25.8 Å². The zero-order valence-corrected chi connectivity index (χ0v) is 14.1. The van der Waals surface area contributed by atoms with Gasteiger partial charge in [0.1, 0.15) is 11.6 Å². The predicted octanol–water partition coefficient (Wildman–Crippen LogP) is 3.33. The minimum atomic E-state index is -0.234. The van der Waals surface area contributed by atoms with Crippen LogP contribution in [-0.4, -0.2) is 42.0 Å². The van der Waals surface area contributed by atoms with E-state index in [1.807, 2.05) is 6.08 Å². The maximum Gasteiger partial charge on any atom is 0.145 e. The molecule has 2 aliphatic heterocycles. The first-order valence-electron chi connectivity index (χ1n) is 8.48. The van der Waals surface area contributed by atoms with Crippen molar-refractivity contribution >= 4 is 5.71 Å². The number of nitrogens with zero attached hydrogens (tertiary/aromatic N) is 3. The number of hydrazine groups is 1. The largest absolute Gasteiger partial charge is 0.378 e. The smallest absolute Gasteiger partial charge is 0.145 e. The lowest BCUT2D eigenvalue weighted by atomic mass is 10.1. The molecule has 0 radical (unpaired) electrons. The van der Waals surface area contributed by atoms with E-state index in [-0.39, 0.29) is 5.82 Å². The molecule has 24 heavy (non-hydrogen) atoms. The lowest BCUT2D eigenvalue weighted by molar-refractivity contribution is 0.0102. The molecule has 1 fully saturated rings. The number of hydrogen-bond acceptors (Lipinski definition) is 4. The number of hydrogen-bond donors (Lipinski definition) is 0. The van der Waals surface area contributed by atoms with Crippen LogP contribution in [0.15, 0.2) is 52.9 Å². The van der Waals surface area contributed by atoms with Gasteiger partial charge in [-0.15, -0.1) is 0 Å². The molecule has 0 N–H and O–H groups in total. The molecule has 4 nitrogen and oxygen atoms in total. The molecule has 1 atom stereocenters. The molecule has 0 aromatic heterocycles. The van der Waals surface area contributed by atoms with Gasteiger partial charge in [-0.05, 0) is 62.1 Å². The van der Waals surface area contributed by atoms with E-state index in [9.17, 15) is 4.39 Å². The van der Waals surface area contributed by atoms with Crippen molar-refractivity contribution in [2.24, 2.45) is 10.9 Å². The Hall–Kier alpha value is -1.98. The Morgan fingerprint density at radius 3 is 2.71 bits per heavy atom. The number of aliphatic imine (C=N–C) groups is 1. The minimum absolute atomic E-state index is 0.234. The van der Waals surface area contributed by atoms with Crippen LogP contribution >= 0.6 is 0 Å². The third kappa shape index (κ3) is 2.78. The van der Waals surface area contributed by atoms with E-state index in [0.29, 0.717) is 12.6 Å². The molecule has 1 aromatic rings. The maximum absolute atomic E-state index is 13.2. The molecule has 0 unspecified atom stereocenters. The third-order valence-corrected chi connectivity index (χ3v) is 4.95. The van der Waals surface area contributed by atoms with E-state index in [1.54, 1.807) is 19.2 Å². The second kappa shape index (κ2) is 6.15. The SMILES string of the molecule is COCC1=CC(c2ccc(F)cc2)=NC2=CCN([C@@H](C)C3CC3)N12. The number of benzene rings is 1. The summed E-state index contributed by atoms with van der Waals surface area (Å²) in [7, 11) is 1.71. The van der Waals surface area contributed by atoms with Crippen molar-refractivity contribution in [3.8, 4) is 0 Å². The van der Waals surface area contributed by atoms with Crippen LogP contribution in [0.2, 0.25) is 0 Å². The Bertz CT molecular complexity index is 719. The van der Waals surface area contributed by atoms with Gasteiger partial charge in [0.25, 0.3) is 0 Å². The number of fused-ring (bicyclic) bond motifs is 1. The van der Waals surface area contributed by atoms with Crippen LogP contribution in [0.25, 0.3) is 0 Å². The lowest BCUT2D eigenvalue weighted by Crippen LogP contribution is -2.45. The molecule has 126 valence electrons.